The van der Waals surface area contributed by atoms with Gasteiger partial charge in [0.05, 0.1) is 0 Å². The molecule has 0 saturated heterocycles. The number of nitrogens with one attached hydrogen (secondary N) is 2. The third-order valence-electron chi connectivity index (χ3n) is 4.86. The van der Waals surface area contributed by atoms with E-state index in [4.69, 9.17) is 11.6 Å². The first-order chi connectivity index (χ1) is 14.1. The quantitative estimate of drug-likeness (QED) is 0.420. The van der Waals surface area contributed by atoms with Crippen molar-refractivity contribution in [1.82, 2.24) is 4.57 Å². The fraction of sp³-hybridized carbons (Fsp3) is 0.125. The predicted molar refractivity (Wildman–Crippen MR) is 121 cm³/mol. The van der Waals surface area contributed by atoms with Gasteiger partial charge in [0.15, 0.2) is 0 Å². The van der Waals surface area contributed by atoms with Gasteiger partial charge in [0.1, 0.15) is 0 Å². The van der Waals surface area contributed by atoms with Crippen LogP contribution in [-0.4, -0.2) is 10.5 Å². The van der Waals surface area contributed by atoms with Gasteiger partial charge in [-0.15, -0.1) is 0 Å². The van der Waals surface area contributed by atoms with Gasteiger partial charge < -0.3 is 15.2 Å². The fourth-order valence-electron chi connectivity index (χ4n) is 3.48. The molecule has 0 spiro atoms. The topological polar surface area (TPSA) is 46.1 Å². The van der Waals surface area contributed by atoms with E-state index in [0.717, 1.165) is 28.5 Å². The zero-order valence-corrected chi connectivity index (χ0v) is 16.9. The minimum atomic E-state index is -0.0722. The van der Waals surface area contributed by atoms with E-state index >= 15 is 0 Å². The van der Waals surface area contributed by atoms with Crippen molar-refractivity contribution in [3.8, 4) is 0 Å². The maximum absolute atomic E-state index is 11.2. The maximum Gasteiger partial charge on any atom is 0.221 e. The Morgan fingerprint density at radius 2 is 1.59 bits per heavy atom. The normalized spacial score (nSPS) is 10.8. The van der Waals surface area contributed by atoms with Crippen LogP contribution in [0.15, 0.2) is 79.0 Å². The molecule has 1 aromatic heterocycles. The number of rotatable bonds is 6. The molecule has 5 heteroatoms. The largest absolute Gasteiger partial charge is 0.381 e. The smallest absolute Gasteiger partial charge is 0.221 e. The Balaban J connectivity index is 1.55. The van der Waals surface area contributed by atoms with Gasteiger partial charge >= 0.3 is 0 Å². The van der Waals surface area contributed by atoms with Crippen molar-refractivity contribution in [1.29, 1.82) is 0 Å². The maximum atomic E-state index is 11.2. The Morgan fingerprint density at radius 3 is 2.34 bits per heavy atom. The van der Waals surface area contributed by atoms with Crippen LogP contribution in [0.5, 0.6) is 0 Å². The van der Waals surface area contributed by atoms with Gasteiger partial charge in [-0.05, 0) is 47.5 Å². The van der Waals surface area contributed by atoms with Crippen LogP contribution in [-0.2, 0) is 17.9 Å². The first kappa shape index (κ1) is 19.1. The Labute approximate surface area is 175 Å². The third-order valence-corrected chi connectivity index (χ3v) is 5.23. The number of aromatic nitrogens is 1. The molecule has 3 aromatic carbocycles. The van der Waals surface area contributed by atoms with Crippen LogP contribution >= 0.6 is 11.6 Å². The zero-order chi connectivity index (χ0) is 20.2. The molecule has 4 rings (SSSR count). The second-order valence-electron chi connectivity index (χ2n) is 7.00. The fourth-order valence-corrected chi connectivity index (χ4v) is 3.67. The van der Waals surface area contributed by atoms with Crippen LogP contribution in [0.4, 0.5) is 11.4 Å². The molecule has 1 amide bonds. The molecular weight excluding hydrogens is 382 g/mol. The first-order valence-corrected chi connectivity index (χ1v) is 9.89. The minimum Gasteiger partial charge on any atom is -0.381 e. The highest BCUT2D eigenvalue weighted by molar-refractivity contribution is 6.31. The van der Waals surface area contributed by atoms with Gasteiger partial charge in [0.2, 0.25) is 5.91 Å². The molecule has 29 heavy (non-hydrogen) atoms. The monoisotopic (exact) mass is 403 g/mol. The summed E-state index contributed by atoms with van der Waals surface area (Å²) in [5, 5.41) is 8.26. The third kappa shape index (κ3) is 4.44. The van der Waals surface area contributed by atoms with Gasteiger partial charge in [-0.2, -0.15) is 0 Å². The number of para-hydroxylation sites is 1. The van der Waals surface area contributed by atoms with Gasteiger partial charge in [0.25, 0.3) is 0 Å². The van der Waals surface area contributed by atoms with Crippen molar-refractivity contribution in [3.05, 3.63) is 95.1 Å². The van der Waals surface area contributed by atoms with Crippen molar-refractivity contribution in [2.45, 2.75) is 20.0 Å². The summed E-state index contributed by atoms with van der Waals surface area (Å²) >= 11 is 6.37. The number of hydrogen-bond acceptors (Lipinski definition) is 2. The van der Waals surface area contributed by atoms with E-state index in [1.807, 2.05) is 42.5 Å². The number of fused-ring (bicyclic) bond motifs is 1. The molecule has 0 radical (unpaired) electrons. The molecule has 146 valence electrons. The van der Waals surface area contributed by atoms with Gasteiger partial charge in [-0.1, -0.05) is 48.0 Å². The van der Waals surface area contributed by atoms with Crippen molar-refractivity contribution < 1.29 is 4.79 Å². The molecule has 1 heterocycles. The summed E-state index contributed by atoms with van der Waals surface area (Å²) in [7, 11) is 0. The van der Waals surface area contributed by atoms with Crippen LogP contribution in [0.1, 0.15) is 18.1 Å². The Morgan fingerprint density at radius 1 is 0.897 bits per heavy atom. The van der Waals surface area contributed by atoms with Crippen molar-refractivity contribution in [2.75, 3.05) is 10.6 Å². The van der Waals surface area contributed by atoms with E-state index in [1.54, 1.807) is 0 Å². The van der Waals surface area contributed by atoms with Crippen LogP contribution in [0, 0.1) is 0 Å². The van der Waals surface area contributed by atoms with E-state index in [9.17, 15) is 4.79 Å². The molecule has 0 fully saturated rings. The lowest BCUT2D eigenvalue weighted by atomic mass is 10.1. The average Bonchev–Trinajstić information content (AvgIpc) is 3.07. The molecule has 0 atom stereocenters. The first-order valence-electron chi connectivity index (χ1n) is 9.52. The molecule has 0 unspecified atom stereocenters. The standard InChI is InChI=1S/C24H22ClN3O/c1-17(29)27-21-12-10-20(11-13-21)26-14-19-16-28(24-9-5-3-7-22(19)24)15-18-6-2-4-8-23(18)25/h2-13,16,26H,14-15H2,1H3,(H,27,29). The highest BCUT2D eigenvalue weighted by Gasteiger charge is 2.10. The lowest BCUT2D eigenvalue weighted by Gasteiger charge is -2.08. The van der Waals surface area contributed by atoms with Crippen LogP contribution in [0.25, 0.3) is 10.9 Å². The van der Waals surface area contributed by atoms with Gasteiger partial charge in [-0.25, -0.2) is 0 Å². The molecule has 4 nitrogen and oxygen atoms in total. The number of hydrogen-bond donors (Lipinski definition) is 2. The van der Waals surface area contributed by atoms with E-state index in [2.05, 4.69) is 51.7 Å². The Bertz CT molecular complexity index is 1150. The van der Waals surface area contributed by atoms with Crippen LogP contribution < -0.4 is 10.6 Å². The predicted octanol–water partition coefficient (Wildman–Crippen LogP) is 5.91. The summed E-state index contributed by atoms with van der Waals surface area (Å²) in [5.74, 6) is -0.0722. The van der Waals surface area contributed by atoms with Crippen molar-refractivity contribution in [2.24, 2.45) is 0 Å². The van der Waals surface area contributed by atoms with E-state index in [1.165, 1.54) is 23.4 Å². The Kier molecular flexibility index (Phi) is 5.54. The number of nitrogens with zero attached hydrogens (tertiary/aromatic N) is 1. The van der Waals surface area contributed by atoms with Crippen LogP contribution in [0.3, 0.4) is 0 Å². The van der Waals surface area contributed by atoms with Crippen molar-refractivity contribution in [3.63, 3.8) is 0 Å². The lowest BCUT2D eigenvalue weighted by Crippen LogP contribution is -2.05. The SMILES string of the molecule is CC(=O)Nc1ccc(NCc2cn(Cc3ccccc3Cl)c3ccccc23)cc1. The highest BCUT2D eigenvalue weighted by atomic mass is 35.5. The number of carbonyl (C=O) groups excluding carboxylic acids is 1. The summed E-state index contributed by atoms with van der Waals surface area (Å²) in [5.41, 5.74) is 5.30. The summed E-state index contributed by atoms with van der Waals surface area (Å²) in [6.07, 6.45) is 2.19. The summed E-state index contributed by atoms with van der Waals surface area (Å²) in [4.78, 5) is 11.2. The number of carbonyl (C=O) groups is 1. The van der Waals surface area contributed by atoms with E-state index < -0.39 is 0 Å². The van der Waals surface area contributed by atoms with Crippen molar-refractivity contribution >= 4 is 39.8 Å². The summed E-state index contributed by atoms with van der Waals surface area (Å²) < 4.78 is 2.24. The molecule has 0 aliphatic heterocycles. The summed E-state index contributed by atoms with van der Waals surface area (Å²) in [6, 6.07) is 24.1. The second kappa shape index (κ2) is 8.41. The van der Waals surface area contributed by atoms with Crippen LogP contribution in [0.2, 0.25) is 5.02 Å². The number of amides is 1. The molecule has 2 N–H and O–H groups in total. The molecule has 0 aliphatic carbocycles. The van der Waals surface area contributed by atoms with E-state index in [0.29, 0.717) is 6.54 Å². The second-order valence-corrected chi connectivity index (χ2v) is 7.41. The lowest BCUT2D eigenvalue weighted by molar-refractivity contribution is -0.114. The molecule has 4 aromatic rings. The summed E-state index contributed by atoms with van der Waals surface area (Å²) in [6.45, 7) is 2.94. The Hall–Kier alpha value is -3.24. The number of halogens is 1. The van der Waals surface area contributed by atoms with Gasteiger partial charge in [-0.3, -0.25) is 4.79 Å². The van der Waals surface area contributed by atoms with E-state index in [-0.39, 0.29) is 5.91 Å². The minimum absolute atomic E-state index is 0.0722. The number of anilines is 2. The molecular formula is C24H22ClN3O. The highest BCUT2D eigenvalue weighted by Crippen LogP contribution is 2.25. The molecule has 0 aliphatic rings. The molecule has 0 bridgehead atoms. The number of benzene rings is 3. The average molecular weight is 404 g/mol. The molecule has 0 saturated carbocycles. The zero-order valence-electron chi connectivity index (χ0n) is 16.2. The van der Waals surface area contributed by atoms with Gasteiger partial charge in [0, 0.05) is 53.5 Å².